The number of hydrogen-bond acceptors (Lipinski definition) is 6. The number of sulfonamides is 1. The number of aromatic nitrogens is 1. The van der Waals surface area contributed by atoms with Crippen molar-refractivity contribution in [1.82, 2.24) is 4.98 Å². The number of carbonyl (C=O) groups is 2. The Kier molecular flexibility index (Phi) is 6.01. The first-order valence-electron chi connectivity index (χ1n) is 8.44. The third kappa shape index (κ3) is 5.47. The number of fused-ring (bicyclic) bond motifs is 1. The Hall–Kier alpha value is -3.56. The normalized spacial score (nSPS) is 11.5. The number of nitrogens with zero attached hydrogens (tertiary/aromatic N) is 1. The van der Waals surface area contributed by atoms with Gasteiger partial charge in [0, 0.05) is 28.9 Å². The van der Waals surface area contributed by atoms with Crippen LogP contribution < -0.4 is 10.5 Å². The second kappa shape index (κ2) is 8.63. The van der Waals surface area contributed by atoms with Crippen molar-refractivity contribution >= 4 is 44.6 Å². The molecule has 3 rings (SSSR count). The van der Waals surface area contributed by atoms with Crippen LogP contribution in [-0.2, 0) is 24.3 Å². The lowest BCUT2D eigenvalue weighted by Crippen LogP contribution is -2.20. The Bertz CT molecular complexity index is 1200. The van der Waals surface area contributed by atoms with Gasteiger partial charge in [-0.3, -0.25) is 9.78 Å². The Morgan fingerprint density at radius 2 is 1.86 bits per heavy atom. The number of carbonyl (C=O) groups excluding carboxylic acids is 2. The van der Waals surface area contributed by atoms with Crippen LogP contribution in [0.2, 0.25) is 0 Å². The van der Waals surface area contributed by atoms with E-state index in [-0.39, 0.29) is 10.6 Å². The minimum absolute atomic E-state index is 0.140. The molecule has 0 spiro atoms. The fourth-order valence-electron chi connectivity index (χ4n) is 2.55. The van der Waals surface area contributed by atoms with E-state index >= 15 is 0 Å². The van der Waals surface area contributed by atoms with Crippen molar-refractivity contribution in [2.75, 3.05) is 11.9 Å². The topological polar surface area (TPSA) is 128 Å². The van der Waals surface area contributed by atoms with Crippen molar-refractivity contribution in [2.24, 2.45) is 5.14 Å². The number of amides is 1. The second-order valence-electron chi connectivity index (χ2n) is 5.98. The Labute approximate surface area is 167 Å². The van der Waals surface area contributed by atoms with E-state index in [2.05, 4.69) is 10.3 Å². The van der Waals surface area contributed by atoms with Gasteiger partial charge in [0.1, 0.15) is 0 Å². The fourth-order valence-corrected chi connectivity index (χ4v) is 3.11. The molecule has 2 aromatic carbocycles. The molecule has 0 radical (unpaired) electrons. The molecule has 0 saturated carbocycles. The van der Waals surface area contributed by atoms with E-state index in [1.165, 1.54) is 30.3 Å². The van der Waals surface area contributed by atoms with Gasteiger partial charge in [-0.2, -0.15) is 0 Å². The van der Waals surface area contributed by atoms with E-state index in [1.54, 1.807) is 12.3 Å². The molecule has 1 aromatic heterocycles. The summed E-state index contributed by atoms with van der Waals surface area (Å²) in [5, 5.41) is 8.42. The highest BCUT2D eigenvalue weighted by atomic mass is 32.2. The zero-order chi connectivity index (χ0) is 20.9. The van der Waals surface area contributed by atoms with Crippen molar-refractivity contribution in [1.29, 1.82) is 0 Å². The number of benzene rings is 2. The summed E-state index contributed by atoms with van der Waals surface area (Å²) in [6.07, 6.45) is 4.43. The number of hydrogen-bond donors (Lipinski definition) is 2. The minimum atomic E-state index is -3.89. The number of para-hydroxylation sites is 1. The molecule has 0 aliphatic rings. The Morgan fingerprint density at radius 1 is 1.10 bits per heavy atom. The number of nitrogens with one attached hydrogen (secondary N) is 1. The molecule has 29 heavy (non-hydrogen) atoms. The lowest BCUT2D eigenvalue weighted by Gasteiger charge is -2.07. The largest absolute Gasteiger partial charge is 0.452 e. The van der Waals surface area contributed by atoms with Gasteiger partial charge in [0.15, 0.2) is 6.61 Å². The molecule has 3 N–H and O–H groups in total. The van der Waals surface area contributed by atoms with Crippen LogP contribution in [0, 0.1) is 0 Å². The molecule has 9 heteroatoms. The molecule has 0 aliphatic heterocycles. The van der Waals surface area contributed by atoms with Crippen LogP contribution in [0.15, 0.2) is 71.8 Å². The van der Waals surface area contributed by atoms with Crippen LogP contribution in [0.4, 0.5) is 5.69 Å². The van der Waals surface area contributed by atoms with Gasteiger partial charge in [-0.1, -0.05) is 30.3 Å². The van der Waals surface area contributed by atoms with E-state index in [0.29, 0.717) is 0 Å². The van der Waals surface area contributed by atoms with Crippen molar-refractivity contribution in [3.05, 3.63) is 72.4 Å². The lowest BCUT2D eigenvalue weighted by atomic mass is 10.1. The summed E-state index contributed by atoms with van der Waals surface area (Å²) in [5.74, 6) is -1.32. The van der Waals surface area contributed by atoms with Gasteiger partial charge in [0.05, 0.1) is 10.4 Å². The predicted octanol–water partition coefficient (Wildman–Crippen LogP) is 2.08. The average molecular weight is 411 g/mol. The molecule has 0 unspecified atom stereocenters. The maximum Gasteiger partial charge on any atom is 0.331 e. The lowest BCUT2D eigenvalue weighted by molar-refractivity contribution is -0.142. The van der Waals surface area contributed by atoms with Gasteiger partial charge >= 0.3 is 5.97 Å². The molecule has 148 valence electrons. The summed E-state index contributed by atoms with van der Waals surface area (Å²) < 4.78 is 27.6. The van der Waals surface area contributed by atoms with Crippen molar-refractivity contribution in [3.63, 3.8) is 0 Å². The highest BCUT2D eigenvalue weighted by Gasteiger charge is 2.10. The number of pyridine rings is 1. The summed E-state index contributed by atoms with van der Waals surface area (Å²) in [5.41, 5.74) is 1.70. The third-order valence-corrected chi connectivity index (χ3v) is 4.77. The zero-order valence-corrected chi connectivity index (χ0v) is 15.9. The molecular weight excluding hydrogens is 394 g/mol. The molecule has 0 fully saturated rings. The Morgan fingerprint density at radius 3 is 2.66 bits per heavy atom. The summed E-state index contributed by atoms with van der Waals surface area (Å²) in [7, 11) is -3.89. The zero-order valence-electron chi connectivity index (χ0n) is 15.1. The van der Waals surface area contributed by atoms with E-state index in [9.17, 15) is 18.0 Å². The standard InChI is InChI=1S/C20H17N3O5S/c21-29(26,27)17-8-2-7-16(12-17)23-18(24)13-28-19(25)10-9-15-5-1-4-14-6-3-11-22-20(14)15/h1-12H,13H2,(H,23,24)(H2,21,26,27)/b10-9+. The maximum absolute atomic E-state index is 11.9. The summed E-state index contributed by atoms with van der Waals surface area (Å²) in [6, 6.07) is 14.7. The summed E-state index contributed by atoms with van der Waals surface area (Å²) >= 11 is 0. The van der Waals surface area contributed by atoms with Crippen LogP contribution in [0.3, 0.4) is 0 Å². The molecule has 1 heterocycles. The van der Waals surface area contributed by atoms with Crippen LogP contribution >= 0.6 is 0 Å². The minimum Gasteiger partial charge on any atom is -0.452 e. The maximum atomic E-state index is 11.9. The highest BCUT2D eigenvalue weighted by molar-refractivity contribution is 7.89. The van der Waals surface area contributed by atoms with Crippen molar-refractivity contribution in [2.45, 2.75) is 4.90 Å². The van der Waals surface area contributed by atoms with Gasteiger partial charge < -0.3 is 10.1 Å². The molecule has 0 saturated heterocycles. The fraction of sp³-hybridized carbons (Fsp3) is 0.0500. The first kappa shape index (κ1) is 20.2. The van der Waals surface area contributed by atoms with Gasteiger partial charge in [-0.05, 0) is 30.3 Å². The number of esters is 1. The van der Waals surface area contributed by atoms with Gasteiger partial charge in [-0.25, -0.2) is 18.4 Å². The number of ether oxygens (including phenoxy) is 1. The predicted molar refractivity (Wildman–Crippen MR) is 108 cm³/mol. The molecule has 0 bridgehead atoms. The van der Waals surface area contributed by atoms with E-state index in [4.69, 9.17) is 9.88 Å². The van der Waals surface area contributed by atoms with Crippen LogP contribution in [0.25, 0.3) is 17.0 Å². The van der Waals surface area contributed by atoms with Gasteiger partial charge in [-0.15, -0.1) is 0 Å². The second-order valence-corrected chi connectivity index (χ2v) is 7.55. The quantitative estimate of drug-likeness (QED) is 0.472. The molecule has 3 aromatic rings. The summed E-state index contributed by atoms with van der Waals surface area (Å²) in [4.78, 5) is 28.0. The molecule has 1 amide bonds. The molecule has 0 aliphatic carbocycles. The SMILES string of the molecule is NS(=O)(=O)c1cccc(NC(=O)COC(=O)/C=C/c2cccc3cccnc23)c1. The van der Waals surface area contributed by atoms with Crippen molar-refractivity contribution < 1.29 is 22.7 Å². The molecule has 0 atom stereocenters. The van der Waals surface area contributed by atoms with Crippen molar-refractivity contribution in [3.8, 4) is 0 Å². The average Bonchev–Trinajstić information content (AvgIpc) is 2.70. The molecule has 8 nitrogen and oxygen atoms in total. The summed E-state index contributed by atoms with van der Waals surface area (Å²) in [6.45, 7) is -0.531. The van der Waals surface area contributed by atoms with Gasteiger partial charge in [0.25, 0.3) is 5.91 Å². The smallest absolute Gasteiger partial charge is 0.331 e. The van der Waals surface area contributed by atoms with E-state index < -0.39 is 28.5 Å². The number of nitrogens with two attached hydrogens (primary N) is 1. The van der Waals surface area contributed by atoms with Gasteiger partial charge in [0.2, 0.25) is 10.0 Å². The number of rotatable bonds is 6. The van der Waals surface area contributed by atoms with Crippen LogP contribution in [-0.4, -0.2) is 31.9 Å². The first-order chi connectivity index (χ1) is 13.8. The highest BCUT2D eigenvalue weighted by Crippen LogP contribution is 2.17. The van der Waals surface area contributed by atoms with E-state index in [1.807, 2.05) is 30.3 Å². The number of primary sulfonamides is 1. The van der Waals surface area contributed by atoms with Crippen LogP contribution in [0.1, 0.15) is 5.56 Å². The number of anilines is 1. The first-order valence-corrected chi connectivity index (χ1v) is 9.99. The molecular formula is C20H17N3O5S. The Balaban J connectivity index is 1.58. The third-order valence-electron chi connectivity index (χ3n) is 3.85. The monoisotopic (exact) mass is 411 g/mol. The van der Waals surface area contributed by atoms with Crippen LogP contribution in [0.5, 0.6) is 0 Å². The van der Waals surface area contributed by atoms with E-state index in [0.717, 1.165) is 16.5 Å².